The van der Waals surface area contributed by atoms with E-state index < -0.39 is 0 Å². The van der Waals surface area contributed by atoms with Gasteiger partial charge in [0.15, 0.2) is 0 Å². The number of nitrogens with one attached hydrogen (secondary N) is 1. The molecule has 4 rings (SSSR count). The maximum absolute atomic E-state index is 12.8. The highest BCUT2D eigenvalue weighted by molar-refractivity contribution is 5.82. The summed E-state index contributed by atoms with van der Waals surface area (Å²) in [5, 5.41) is 4.13. The molecule has 4 aromatic rings. The molecule has 5 nitrogen and oxygen atoms in total. The van der Waals surface area contributed by atoms with Crippen LogP contribution >= 0.6 is 0 Å². The summed E-state index contributed by atoms with van der Waals surface area (Å²) in [6, 6.07) is 18.9. The molecule has 2 aromatic heterocycles. The Morgan fingerprint density at radius 3 is 2.62 bits per heavy atom. The van der Waals surface area contributed by atoms with Crippen LogP contribution in [-0.4, -0.2) is 15.5 Å². The summed E-state index contributed by atoms with van der Waals surface area (Å²) >= 11 is 0. The van der Waals surface area contributed by atoms with Crippen molar-refractivity contribution in [3.63, 3.8) is 0 Å². The summed E-state index contributed by atoms with van der Waals surface area (Å²) < 4.78 is 7.80. The number of hydrogen-bond donors (Lipinski definition) is 1. The Hall–Kier alpha value is -3.34. The Morgan fingerprint density at radius 1 is 1.12 bits per heavy atom. The van der Waals surface area contributed by atoms with E-state index in [1.54, 1.807) is 23.3 Å². The van der Waals surface area contributed by atoms with Gasteiger partial charge >= 0.3 is 0 Å². The number of carbonyl (C=O) groups excluding carboxylic acids is 1. The fourth-order valence-electron chi connectivity index (χ4n) is 3.01. The lowest BCUT2D eigenvalue weighted by molar-refractivity contribution is -0.124. The Labute approximate surface area is 151 Å². The Kier molecular flexibility index (Phi) is 4.27. The first-order chi connectivity index (χ1) is 12.7. The number of amides is 1. The molecular formula is C21H19N3O2. The summed E-state index contributed by atoms with van der Waals surface area (Å²) in [7, 11) is 0. The first kappa shape index (κ1) is 16.1. The van der Waals surface area contributed by atoms with Crippen LogP contribution in [0.4, 0.5) is 0 Å². The van der Waals surface area contributed by atoms with Crippen LogP contribution in [0.5, 0.6) is 0 Å². The van der Waals surface area contributed by atoms with Crippen LogP contribution < -0.4 is 5.32 Å². The molecule has 26 heavy (non-hydrogen) atoms. The molecule has 0 bridgehead atoms. The molecule has 2 heterocycles. The lowest BCUT2D eigenvalue weighted by atomic mass is 10.0. The molecule has 2 atom stereocenters. The van der Waals surface area contributed by atoms with Crippen LogP contribution in [0.2, 0.25) is 0 Å². The van der Waals surface area contributed by atoms with Gasteiger partial charge in [-0.1, -0.05) is 48.5 Å². The molecule has 1 amide bonds. The third-order valence-corrected chi connectivity index (χ3v) is 4.50. The zero-order chi connectivity index (χ0) is 17.9. The summed E-state index contributed by atoms with van der Waals surface area (Å²) in [6.07, 6.45) is 5.09. The van der Waals surface area contributed by atoms with Crippen molar-refractivity contribution in [1.29, 1.82) is 0 Å². The van der Waals surface area contributed by atoms with E-state index >= 15 is 0 Å². The molecule has 0 saturated heterocycles. The number of carbonyl (C=O) groups is 1. The summed E-state index contributed by atoms with van der Waals surface area (Å²) in [6.45, 7) is 1.84. The number of para-hydroxylation sites is 1. The first-order valence-electron chi connectivity index (χ1n) is 8.53. The van der Waals surface area contributed by atoms with Gasteiger partial charge in [-0.05, 0) is 24.6 Å². The van der Waals surface area contributed by atoms with Crippen molar-refractivity contribution in [2.24, 2.45) is 0 Å². The van der Waals surface area contributed by atoms with Gasteiger partial charge in [-0.25, -0.2) is 4.98 Å². The Bertz CT molecular complexity index is 973. The molecule has 1 N–H and O–H groups in total. The highest BCUT2D eigenvalue weighted by Crippen LogP contribution is 2.28. The second kappa shape index (κ2) is 6.88. The summed E-state index contributed by atoms with van der Waals surface area (Å²) in [5.74, 6) is 0.612. The highest BCUT2D eigenvalue weighted by atomic mass is 16.3. The van der Waals surface area contributed by atoms with E-state index in [1.165, 1.54) is 0 Å². The second-order valence-corrected chi connectivity index (χ2v) is 6.22. The molecule has 0 fully saturated rings. The number of rotatable bonds is 5. The lowest BCUT2D eigenvalue weighted by Crippen LogP contribution is -2.34. The number of benzene rings is 2. The lowest BCUT2D eigenvalue weighted by Gasteiger charge is -2.20. The van der Waals surface area contributed by atoms with Gasteiger partial charge in [-0.2, -0.15) is 0 Å². The largest absolute Gasteiger partial charge is 0.459 e. The fraction of sp³-hybridized carbons (Fsp3) is 0.143. The van der Waals surface area contributed by atoms with Crippen molar-refractivity contribution in [3.05, 3.63) is 90.7 Å². The van der Waals surface area contributed by atoms with Crippen LogP contribution in [0.1, 0.15) is 30.3 Å². The average molecular weight is 345 g/mol. The molecule has 0 spiro atoms. The van der Waals surface area contributed by atoms with Crippen molar-refractivity contribution in [3.8, 4) is 0 Å². The minimum atomic E-state index is -0.368. The van der Waals surface area contributed by atoms with Crippen molar-refractivity contribution < 1.29 is 9.21 Å². The van der Waals surface area contributed by atoms with Gasteiger partial charge in [0.2, 0.25) is 5.91 Å². The average Bonchev–Trinajstić information content (AvgIpc) is 3.35. The Morgan fingerprint density at radius 2 is 1.88 bits per heavy atom. The summed E-state index contributed by atoms with van der Waals surface area (Å²) in [4.78, 5) is 16.8. The van der Waals surface area contributed by atoms with Gasteiger partial charge in [0.1, 0.15) is 23.4 Å². The van der Waals surface area contributed by atoms with Gasteiger partial charge in [0.05, 0.1) is 6.33 Å². The van der Waals surface area contributed by atoms with E-state index in [9.17, 15) is 4.79 Å². The Balaban J connectivity index is 1.68. The van der Waals surface area contributed by atoms with E-state index in [0.29, 0.717) is 5.76 Å². The van der Waals surface area contributed by atoms with Gasteiger partial charge < -0.3 is 14.3 Å². The van der Waals surface area contributed by atoms with Crippen LogP contribution in [0.3, 0.4) is 0 Å². The minimum absolute atomic E-state index is 0.0997. The third kappa shape index (κ3) is 3.11. The number of furan rings is 1. The molecule has 0 unspecified atom stereocenters. The van der Waals surface area contributed by atoms with Crippen molar-refractivity contribution in [1.82, 2.24) is 14.9 Å². The molecule has 0 aliphatic carbocycles. The quantitative estimate of drug-likeness (QED) is 0.592. The predicted octanol–water partition coefficient (Wildman–Crippen LogP) is 4.10. The second-order valence-electron chi connectivity index (χ2n) is 6.22. The zero-order valence-electron chi connectivity index (χ0n) is 14.4. The smallest absolute Gasteiger partial charge is 0.243 e. The van der Waals surface area contributed by atoms with Gasteiger partial charge in [0, 0.05) is 17.8 Å². The molecule has 0 radical (unpaired) electrons. The maximum atomic E-state index is 12.8. The standard InChI is InChI=1S/C21H19N3O2/c1-15(24-12-11-22-14-24)21(25)23-20(16-7-3-2-4-8-16)19-13-17-9-5-6-10-18(17)26-19/h2-15,20H,1H3,(H,23,25)/t15-,20+/m1/s1. The highest BCUT2D eigenvalue weighted by Gasteiger charge is 2.24. The molecular weight excluding hydrogens is 326 g/mol. The molecule has 130 valence electrons. The van der Waals surface area contributed by atoms with Gasteiger partial charge in [-0.15, -0.1) is 0 Å². The number of hydrogen-bond acceptors (Lipinski definition) is 3. The third-order valence-electron chi connectivity index (χ3n) is 4.50. The maximum Gasteiger partial charge on any atom is 0.243 e. The number of fused-ring (bicyclic) bond motifs is 1. The normalized spacial score (nSPS) is 13.4. The van der Waals surface area contributed by atoms with Crippen LogP contribution in [0, 0.1) is 0 Å². The van der Waals surface area contributed by atoms with Crippen molar-refractivity contribution in [2.45, 2.75) is 19.0 Å². The summed E-state index contributed by atoms with van der Waals surface area (Å²) in [5.41, 5.74) is 1.78. The van der Waals surface area contributed by atoms with Crippen LogP contribution in [0.15, 0.2) is 83.8 Å². The van der Waals surface area contributed by atoms with Gasteiger partial charge in [0.25, 0.3) is 0 Å². The number of nitrogens with zero attached hydrogens (tertiary/aromatic N) is 2. The number of aromatic nitrogens is 2. The van der Waals surface area contributed by atoms with E-state index in [-0.39, 0.29) is 18.0 Å². The topological polar surface area (TPSA) is 60.1 Å². The molecule has 5 heteroatoms. The molecule has 0 saturated carbocycles. The van der Waals surface area contributed by atoms with Crippen molar-refractivity contribution in [2.75, 3.05) is 0 Å². The predicted molar refractivity (Wildman–Crippen MR) is 99.6 cm³/mol. The van der Waals surface area contributed by atoms with E-state index in [2.05, 4.69) is 10.3 Å². The number of imidazole rings is 1. The fourth-order valence-corrected chi connectivity index (χ4v) is 3.01. The van der Waals surface area contributed by atoms with Crippen LogP contribution in [-0.2, 0) is 4.79 Å². The zero-order valence-corrected chi connectivity index (χ0v) is 14.4. The van der Waals surface area contributed by atoms with E-state index in [1.807, 2.05) is 67.6 Å². The molecule has 0 aliphatic heterocycles. The first-order valence-corrected chi connectivity index (χ1v) is 8.53. The van der Waals surface area contributed by atoms with Gasteiger partial charge in [-0.3, -0.25) is 4.79 Å². The molecule has 2 aromatic carbocycles. The van der Waals surface area contributed by atoms with E-state index in [0.717, 1.165) is 16.5 Å². The minimum Gasteiger partial charge on any atom is -0.459 e. The SMILES string of the molecule is C[C@H](C(=O)N[C@@H](c1ccccc1)c1cc2ccccc2o1)n1ccnc1. The van der Waals surface area contributed by atoms with E-state index in [4.69, 9.17) is 4.42 Å². The monoisotopic (exact) mass is 345 g/mol. The van der Waals surface area contributed by atoms with Crippen molar-refractivity contribution >= 4 is 16.9 Å². The molecule has 0 aliphatic rings. The van der Waals surface area contributed by atoms with Crippen LogP contribution in [0.25, 0.3) is 11.0 Å².